The van der Waals surface area contributed by atoms with E-state index in [1.165, 1.54) is 34.9 Å². The van der Waals surface area contributed by atoms with Gasteiger partial charge in [0.2, 0.25) is 0 Å². The third-order valence-corrected chi connectivity index (χ3v) is 6.88. The number of esters is 2. The molecule has 0 spiro atoms. The predicted molar refractivity (Wildman–Crippen MR) is 114 cm³/mol. The monoisotopic (exact) mass is 486 g/mol. The molecule has 0 aliphatic carbocycles. The summed E-state index contributed by atoms with van der Waals surface area (Å²) in [6.45, 7) is 3.74. The van der Waals surface area contributed by atoms with Crippen molar-refractivity contribution in [3.63, 3.8) is 0 Å². The van der Waals surface area contributed by atoms with Crippen molar-refractivity contribution in [1.29, 1.82) is 0 Å². The normalized spacial score (nSPS) is 10.9. The van der Waals surface area contributed by atoms with E-state index in [4.69, 9.17) is 9.47 Å². The van der Waals surface area contributed by atoms with Gasteiger partial charge < -0.3 is 19.4 Å². The van der Waals surface area contributed by atoms with Crippen LogP contribution in [0.3, 0.4) is 0 Å². The van der Waals surface area contributed by atoms with Gasteiger partial charge >= 0.3 is 23.3 Å². The highest BCUT2D eigenvalue weighted by molar-refractivity contribution is 8.02. The second-order valence-corrected chi connectivity index (χ2v) is 9.14. The summed E-state index contributed by atoms with van der Waals surface area (Å²) < 4.78 is 11.1. The summed E-state index contributed by atoms with van der Waals surface area (Å²) in [5, 5.41) is 8.15. The van der Waals surface area contributed by atoms with Gasteiger partial charge in [-0.05, 0) is 13.8 Å². The first-order valence-electron chi connectivity index (χ1n) is 8.96. The molecule has 0 saturated carbocycles. The number of nitrogens with one attached hydrogen (secondary N) is 4. The Bertz CT molecular complexity index is 1090. The van der Waals surface area contributed by atoms with Crippen molar-refractivity contribution >= 4 is 46.8 Å². The van der Waals surface area contributed by atoms with E-state index < -0.39 is 23.3 Å². The van der Waals surface area contributed by atoms with Gasteiger partial charge in [0, 0.05) is 11.5 Å². The largest absolute Gasteiger partial charge is 0.461 e. The Morgan fingerprint density at radius 1 is 0.806 bits per heavy atom. The Morgan fingerprint density at radius 3 is 1.61 bits per heavy atom. The van der Waals surface area contributed by atoms with Crippen molar-refractivity contribution in [3.8, 4) is 0 Å². The number of carbonyl (C=O) groups is 2. The summed E-state index contributed by atoms with van der Waals surface area (Å²) in [4.78, 5) is 57.0. The first-order valence-corrected chi connectivity index (χ1v) is 11.8. The molecule has 166 valence electrons. The van der Waals surface area contributed by atoms with Crippen molar-refractivity contribution in [1.82, 2.24) is 30.1 Å². The predicted octanol–water partition coefficient (Wildman–Crippen LogP) is 1.51. The summed E-state index contributed by atoms with van der Waals surface area (Å²) in [7, 11) is 0. The molecule has 3 aromatic rings. The Balaban J connectivity index is 1.61. The number of aromatic amines is 4. The number of aromatic nitrogens is 6. The van der Waals surface area contributed by atoms with Gasteiger partial charge in [0.1, 0.15) is 11.4 Å². The van der Waals surface area contributed by atoms with Crippen molar-refractivity contribution in [2.45, 2.75) is 34.0 Å². The average Bonchev–Trinajstić information content (AvgIpc) is 3.43. The number of nitrogens with zero attached hydrogens (tertiary/aromatic N) is 2. The molecule has 3 rings (SSSR count). The molecule has 0 atom stereocenters. The van der Waals surface area contributed by atoms with Crippen molar-refractivity contribution in [3.05, 3.63) is 43.7 Å². The topological polar surface area (TPSA) is 176 Å². The zero-order chi connectivity index (χ0) is 22.4. The maximum Gasteiger partial charge on any atom is 0.356 e. The van der Waals surface area contributed by atoms with Crippen LogP contribution in [0, 0.1) is 0 Å². The molecule has 0 radical (unpaired) electrons. The molecule has 0 aromatic carbocycles. The molecule has 4 N–H and O–H groups in total. The van der Waals surface area contributed by atoms with E-state index in [0.717, 1.165) is 0 Å². The van der Waals surface area contributed by atoms with Crippen LogP contribution in [-0.4, -0.2) is 55.3 Å². The number of thioether (sulfide) groups is 2. The van der Waals surface area contributed by atoms with E-state index in [-0.39, 0.29) is 36.1 Å². The SMILES string of the molecule is CCOC(=O)c1[nH]c(=O)[nH]c1CSc1nnc(SCc2[nH]c(=O)[nH]c2C(=O)OCC)s1. The van der Waals surface area contributed by atoms with Crippen LogP contribution < -0.4 is 11.4 Å². The lowest BCUT2D eigenvalue weighted by atomic mass is 10.3. The van der Waals surface area contributed by atoms with Gasteiger partial charge in [-0.3, -0.25) is 9.97 Å². The van der Waals surface area contributed by atoms with Crippen molar-refractivity contribution in [2.24, 2.45) is 0 Å². The second kappa shape index (κ2) is 10.5. The van der Waals surface area contributed by atoms with Crippen LogP contribution in [0.2, 0.25) is 0 Å². The molecule has 3 aromatic heterocycles. The Kier molecular flexibility index (Phi) is 7.75. The maximum atomic E-state index is 11.9. The highest BCUT2D eigenvalue weighted by Crippen LogP contribution is 2.32. The van der Waals surface area contributed by atoms with Crippen LogP contribution in [0.1, 0.15) is 46.2 Å². The zero-order valence-corrected chi connectivity index (χ0v) is 18.8. The fourth-order valence-electron chi connectivity index (χ4n) is 2.39. The van der Waals surface area contributed by atoms with Gasteiger partial charge in [-0.15, -0.1) is 10.2 Å². The van der Waals surface area contributed by atoms with E-state index in [0.29, 0.717) is 20.1 Å². The number of hydrogen-bond acceptors (Lipinski definition) is 11. The number of hydrogen-bond donors (Lipinski definition) is 4. The van der Waals surface area contributed by atoms with E-state index in [2.05, 4.69) is 30.1 Å². The minimum absolute atomic E-state index is 0.0846. The first-order chi connectivity index (χ1) is 14.9. The summed E-state index contributed by atoms with van der Waals surface area (Å²) in [6.07, 6.45) is 0. The fourth-order valence-corrected chi connectivity index (χ4v) is 5.33. The van der Waals surface area contributed by atoms with Crippen LogP contribution in [0.5, 0.6) is 0 Å². The van der Waals surface area contributed by atoms with Crippen LogP contribution in [0.15, 0.2) is 18.3 Å². The van der Waals surface area contributed by atoms with E-state index in [1.807, 2.05) is 0 Å². The molecule has 0 bridgehead atoms. The molecular formula is C16H18N6O6S3. The third kappa shape index (κ3) is 5.89. The molecule has 0 unspecified atom stereocenters. The third-order valence-electron chi connectivity index (χ3n) is 3.64. The van der Waals surface area contributed by atoms with E-state index in [1.54, 1.807) is 13.8 Å². The van der Waals surface area contributed by atoms with Gasteiger partial charge in [0.25, 0.3) is 0 Å². The number of H-pyrrole nitrogens is 4. The standard InChI is InChI=1S/C16H18N6O6S3/c1-3-27-11(23)9-7(17-13(25)19-9)5-29-15-21-22-16(31-15)30-6-8-10(12(24)28-4-2)20-14(26)18-8/h3-6H2,1-2H3,(H2,17,19,25)(H2,18,20,26). The van der Waals surface area contributed by atoms with Gasteiger partial charge in [0.15, 0.2) is 8.68 Å². The van der Waals surface area contributed by atoms with Crippen LogP contribution >= 0.6 is 34.9 Å². The van der Waals surface area contributed by atoms with Crippen molar-refractivity contribution < 1.29 is 19.1 Å². The summed E-state index contributed by atoms with van der Waals surface area (Å²) in [6, 6.07) is 0. The summed E-state index contributed by atoms with van der Waals surface area (Å²) in [5.41, 5.74) is -0.0125. The van der Waals surface area contributed by atoms with Gasteiger partial charge in [-0.2, -0.15) is 0 Å². The average molecular weight is 487 g/mol. The molecule has 0 aliphatic rings. The molecule has 0 aliphatic heterocycles. The molecule has 0 amide bonds. The first kappa shape index (κ1) is 22.9. The summed E-state index contributed by atoms with van der Waals surface area (Å²) >= 11 is 3.89. The highest BCUT2D eigenvalue weighted by Gasteiger charge is 2.19. The lowest BCUT2D eigenvalue weighted by molar-refractivity contribution is 0.0509. The molecule has 3 heterocycles. The van der Waals surface area contributed by atoms with Gasteiger partial charge in [0.05, 0.1) is 24.6 Å². The molecule has 0 saturated heterocycles. The quantitative estimate of drug-likeness (QED) is 0.243. The highest BCUT2D eigenvalue weighted by atomic mass is 32.2. The van der Waals surface area contributed by atoms with Crippen LogP contribution in [0.4, 0.5) is 0 Å². The second-order valence-electron chi connectivity index (χ2n) is 5.72. The Labute approximate surface area is 186 Å². The maximum absolute atomic E-state index is 11.9. The minimum Gasteiger partial charge on any atom is -0.461 e. The lowest BCUT2D eigenvalue weighted by Crippen LogP contribution is -2.09. The van der Waals surface area contributed by atoms with Crippen LogP contribution in [0.25, 0.3) is 0 Å². The van der Waals surface area contributed by atoms with Gasteiger partial charge in [-0.1, -0.05) is 34.9 Å². The smallest absolute Gasteiger partial charge is 0.356 e. The van der Waals surface area contributed by atoms with E-state index in [9.17, 15) is 19.2 Å². The number of ether oxygens (including phenoxy) is 2. The molecule has 31 heavy (non-hydrogen) atoms. The Hall–Kier alpha value is -2.78. The summed E-state index contributed by atoms with van der Waals surface area (Å²) in [5.74, 6) is -0.653. The Morgan fingerprint density at radius 2 is 1.23 bits per heavy atom. The molecular weight excluding hydrogens is 468 g/mol. The molecule has 15 heteroatoms. The lowest BCUT2D eigenvalue weighted by Gasteiger charge is -2.02. The number of imidazole rings is 2. The van der Waals surface area contributed by atoms with Crippen molar-refractivity contribution in [2.75, 3.05) is 13.2 Å². The minimum atomic E-state index is -0.608. The van der Waals surface area contributed by atoms with Crippen LogP contribution in [-0.2, 0) is 21.0 Å². The number of rotatable bonds is 10. The molecule has 12 nitrogen and oxygen atoms in total. The number of carbonyl (C=O) groups excluding carboxylic acids is 2. The fraction of sp³-hybridized carbons (Fsp3) is 0.375. The zero-order valence-electron chi connectivity index (χ0n) is 16.4. The van der Waals surface area contributed by atoms with E-state index >= 15 is 0 Å². The molecule has 0 fully saturated rings. The van der Waals surface area contributed by atoms with Gasteiger partial charge in [-0.25, -0.2) is 19.2 Å².